The Hall–Kier alpha value is -2.17. The average molecular weight is 271 g/mol. The van der Waals surface area contributed by atoms with Gasteiger partial charge >= 0.3 is 0 Å². The maximum Gasteiger partial charge on any atom is 0.244 e. The summed E-state index contributed by atoms with van der Waals surface area (Å²) < 4.78 is 0. The lowest BCUT2D eigenvalue weighted by Crippen LogP contribution is -2.08. The molecule has 0 fully saturated rings. The fourth-order valence-electron chi connectivity index (χ4n) is 1.83. The van der Waals surface area contributed by atoms with Crippen molar-refractivity contribution in [2.24, 2.45) is 0 Å². The van der Waals surface area contributed by atoms with Gasteiger partial charge in [-0.3, -0.25) is 0 Å². The molecule has 0 bridgehead atoms. The van der Waals surface area contributed by atoms with Gasteiger partial charge < -0.3 is 10.6 Å². The van der Waals surface area contributed by atoms with Gasteiger partial charge in [-0.1, -0.05) is 50.1 Å². The van der Waals surface area contributed by atoms with E-state index in [4.69, 9.17) is 0 Å². The molecule has 0 saturated heterocycles. The molecule has 20 heavy (non-hydrogen) atoms. The highest BCUT2D eigenvalue weighted by Crippen LogP contribution is 2.06. The van der Waals surface area contributed by atoms with E-state index in [2.05, 4.69) is 44.9 Å². The molecule has 0 amide bonds. The second-order valence-electron chi connectivity index (χ2n) is 4.64. The molecule has 1 aromatic heterocycles. The van der Waals surface area contributed by atoms with E-state index in [9.17, 15) is 0 Å². The molecule has 1 heterocycles. The van der Waals surface area contributed by atoms with Crippen LogP contribution in [0.25, 0.3) is 0 Å². The van der Waals surface area contributed by atoms with Gasteiger partial charge in [0, 0.05) is 13.1 Å². The lowest BCUT2D eigenvalue weighted by Gasteiger charge is -2.07. The van der Waals surface area contributed by atoms with Crippen LogP contribution in [0.1, 0.15) is 31.7 Å². The smallest absolute Gasteiger partial charge is 0.244 e. The minimum Gasteiger partial charge on any atom is -0.369 e. The lowest BCUT2D eigenvalue weighted by molar-refractivity contribution is 0.741. The molecular formula is C15H21N5. The van der Waals surface area contributed by atoms with Gasteiger partial charge in [0.25, 0.3) is 0 Å². The largest absolute Gasteiger partial charge is 0.369 e. The first kappa shape index (κ1) is 14.2. The Bertz CT molecular complexity index is 501. The van der Waals surface area contributed by atoms with Crippen LogP contribution >= 0.6 is 0 Å². The summed E-state index contributed by atoms with van der Waals surface area (Å²) in [7, 11) is 0. The lowest BCUT2D eigenvalue weighted by atomic mass is 10.2. The number of benzene rings is 1. The molecule has 0 aliphatic carbocycles. The van der Waals surface area contributed by atoms with Crippen molar-refractivity contribution in [2.75, 3.05) is 17.2 Å². The van der Waals surface area contributed by atoms with Crippen LogP contribution in [-0.2, 0) is 6.54 Å². The van der Waals surface area contributed by atoms with Gasteiger partial charge in [0.2, 0.25) is 5.95 Å². The number of hydrogen-bond donors (Lipinski definition) is 2. The van der Waals surface area contributed by atoms with Crippen molar-refractivity contribution < 1.29 is 0 Å². The number of rotatable bonds is 8. The van der Waals surface area contributed by atoms with E-state index in [1.807, 2.05) is 18.2 Å². The Morgan fingerprint density at radius 2 is 1.90 bits per heavy atom. The fraction of sp³-hybridized carbons (Fsp3) is 0.400. The van der Waals surface area contributed by atoms with Crippen LogP contribution < -0.4 is 10.6 Å². The van der Waals surface area contributed by atoms with E-state index >= 15 is 0 Å². The van der Waals surface area contributed by atoms with Crippen molar-refractivity contribution in [3.8, 4) is 0 Å². The molecule has 0 spiro atoms. The summed E-state index contributed by atoms with van der Waals surface area (Å²) in [5.41, 5.74) is 1.19. The molecule has 0 aliphatic rings. The van der Waals surface area contributed by atoms with E-state index in [0.717, 1.165) is 18.8 Å². The fourth-order valence-corrected chi connectivity index (χ4v) is 1.83. The Morgan fingerprint density at radius 1 is 1.05 bits per heavy atom. The predicted octanol–water partition coefficient (Wildman–Crippen LogP) is 3.09. The molecule has 106 valence electrons. The third kappa shape index (κ3) is 4.84. The van der Waals surface area contributed by atoms with Crippen molar-refractivity contribution in [3.05, 3.63) is 42.1 Å². The van der Waals surface area contributed by atoms with E-state index in [1.165, 1.54) is 18.4 Å². The van der Waals surface area contributed by atoms with Gasteiger partial charge in [0.05, 0.1) is 6.20 Å². The van der Waals surface area contributed by atoms with Crippen LogP contribution in [0.2, 0.25) is 0 Å². The van der Waals surface area contributed by atoms with Gasteiger partial charge in [0.1, 0.15) is 5.82 Å². The van der Waals surface area contributed by atoms with Crippen LogP contribution in [0.4, 0.5) is 11.8 Å². The molecule has 2 N–H and O–H groups in total. The van der Waals surface area contributed by atoms with Crippen LogP contribution in [-0.4, -0.2) is 21.7 Å². The number of aromatic nitrogens is 3. The third-order valence-corrected chi connectivity index (χ3v) is 2.94. The predicted molar refractivity (Wildman–Crippen MR) is 81.6 cm³/mol. The van der Waals surface area contributed by atoms with Crippen molar-refractivity contribution >= 4 is 11.8 Å². The molecule has 0 unspecified atom stereocenters. The maximum absolute atomic E-state index is 4.39. The van der Waals surface area contributed by atoms with Crippen LogP contribution in [0.3, 0.4) is 0 Å². The van der Waals surface area contributed by atoms with E-state index in [0.29, 0.717) is 12.5 Å². The van der Waals surface area contributed by atoms with E-state index in [1.54, 1.807) is 6.20 Å². The minimum atomic E-state index is 0.550. The van der Waals surface area contributed by atoms with Gasteiger partial charge in [0.15, 0.2) is 0 Å². The number of anilines is 2. The Kier molecular flexibility index (Phi) is 5.76. The van der Waals surface area contributed by atoms with Gasteiger partial charge in [-0.15, -0.1) is 5.10 Å². The summed E-state index contributed by atoms with van der Waals surface area (Å²) in [6, 6.07) is 10.2. The molecule has 2 rings (SSSR count). The highest BCUT2D eigenvalue weighted by molar-refractivity contribution is 5.37. The molecule has 1 aromatic carbocycles. The van der Waals surface area contributed by atoms with E-state index < -0.39 is 0 Å². The van der Waals surface area contributed by atoms with Crippen molar-refractivity contribution in [1.82, 2.24) is 15.2 Å². The average Bonchev–Trinajstić information content (AvgIpc) is 2.51. The monoisotopic (exact) mass is 271 g/mol. The van der Waals surface area contributed by atoms with Gasteiger partial charge in [-0.05, 0) is 12.0 Å². The number of nitrogens with zero attached hydrogens (tertiary/aromatic N) is 3. The summed E-state index contributed by atoms with van der Waals surface area (Å²) in [5.74, 6) is 1.32. The molecule has 2 aromatic rings. The SMILES string of the molecule is CCCCCNc1cnnc(NCc2ccccc2)n1. The second-order valence-corrected chi connectivity index (χ2v) is 4.64. The molecule has 0 atom stereocenters. The topological polar surface area (TPSA) is 62.7 Å². The van der Waals surface area contributed by atoms with Crippen LogP contribution in [0.15, 0.2) is 36.5 Å². The summed E-state index contributed by atoms with van der Waals surface area (Å²) in [6.45, 7) is 3.81. The van der Waals surface area contributed by atoms with Crippen LogP contribution in [0.5, 0.6) is 0 Å². The van der Waals surface area contributed by atoms with Crippen LogP contribution in [0, 0.1) is 0 Å². The quantitative estimate of drug-likeness (QED) is 0.722. The molecule has 5 nitrogen and oxygen atoms in total. The minimum absolute atomic E-state index is 0.550. The zero-order chi connectivity index (χ0) is 14.0. The van der Waals surface area contributed by atoms with Crippen molar-refractivity contribution in [1.29, 1.82) is 0 Å². The normalized spacial score (nSPS) is 10.2. The molecule has 0 aliphatic heterocycles. The zero-order valence-electron chi connectivity index (χ0n) is 11.8. The maximum atomic E-state index is 4.39. The number of nitrogens with one attached hydrogen (secondary N) is 2. The first-order valence-electron chi connectivity index (χ1n) is 7.10. The molecule has 5 heteroatoms. The second kappa shape index (κ2) is 8.09. The first-order chi connectivity index (χ1) is 9.88. The number of hydrogen-bond acceptors (Lipinski definition) is 5. The highest BCUT2D eigenvalue weighted by Gasteiger charge is 2.00. The molecule has 0 radical (unpaired) electrons. The Balaban J connectivity index is 1.83. The van der Waals surface area contributed by atoms with Crippen molar-refractivity contribution in [2.45, 2.75) is 32.7 Å². The zero-order valence-corrected chi connectivity index (χ0v) is 11.8. The Morgan fingerprint density at radius 3 is 2.70 bits per heavy atom. The first-order valence-corrected chi connectivity index (χ1v) is 7.10. The summed E-state index contributed by atoms with van der Waals surface area (Å²) >= 11 is 0. The number of unbranched alkanes of at least 4 members (excludes halogenated alkanes) is 2. The summed E-state index contributed by atoms with van der Waals surface area (Å²) in [4.78, 5) is 4.39. The summed E-state index contributed by atoms with van der Waals surface area (Å²) in [6.07, 6.45) is 5.24. The molecular weight excluding hydrogens is 250 g/mol. The summed E-state index contributed by atoms with van der Waals surface area (Å²) in [5, 5.41) is 14.4. The Labute approximate surface area is 119 Å². The highest BCUT2D eigenvalue weighted by atomic mass is 15.3. The molecule has 0 saturated carbocycles. The van der Waals surface area contributed by atoms with Gasteiger partial charge in [-0.2, -0.15) is 10.1 Å². The van der Waals surface area contributed by atoms with E-state index in [-0.39, 0.29) is 0 Å². The van der Waals surface area contributed by atoms with Crippen molar-refractivity contribution in [3.63, 3.8) is 0 Å². The standard InChI is InChI=1S/C15H21N5/c1-2-3-7-10-16-14-12-18-20-15(19-14)17-11-13-8-5-4-6-9-13/h4-6,8-9,12H,2-3,7,10-11H2,1H3,(H2,16,17,19,20). The van der Waals surface area contributed by atoms with Gasteiger partial charge in [-0.25, -0.2) is 0 Å². The third-order valence-electron chi connectivity index (χ3n) is 2.94.